The van der Waals surface area contributed by atoms with Crippen molar-refractivity contribution in [2.75, 3.05) is 6.61 Å². The quantitative estimate of drug-likeness (QED) is 0.561. The molecule has 0 heterocycles. The monoisotopic (exact) mass is 266 g/mol. The van der Waals surface area contributed by atoms with Crippen LogP contribution in [0.2, 0.25) is 0 Å². The van der Waals surface area contributed by atoms with Gasteiger partial charge in [-0.2, -0.15) is 0 Å². The number of rotatable bonds is 8. The molecule has 0 aliphatic carbocycles. The van der Waals surface area contributed by atoms with E-state index in [1.807, 2.05) is 18.2 Å². The molecule has 0 atom stereocenters. The SMILES string of the molecule is CCCCOc1cc(C(=O)S)ccc1CCCC. The molecule has 1 aromatic rings. The minimum absolute atomic E-state index is 0.211. The van der Waals surface area contributed by atoms with Crippen molar-refractivity contribution in [1.29, 1.82) is 0 Å². The zero-order valence-electron chi connectivity index (χ0n) is 11.2. The predicted molar refractivity (Wildman–Crippen MR) is 78.8 cm³/mol. The number of hydrogen-bond acceptors (Lipinski definition) is 2. The van der Waals surface area contributed by atoms with Crippen LogP contribution in [0.5, 0.6) is 5.75 Å². The molecule has 3 heteroatoms. The number of hydrogen-bond donors (Lipinski definition) is 1. The number of carbonyl (C=O) groups excluding carboxylic acids is 1. The fourth-order valence-electron chi connectivity index (χ4n) is 1.72. The van der Waals surface area contributed by atoms with Gasteiger partial charge in [-0.25, -0.2) is 0 Å². The molecule has 100 valence electrons. The van der Waals surface area contributed by atoms with Gasteiger partial charge in [0.2, 0.25) is 5.12 Å². The van der Waals surface area contributed by atoms with E-state index >= 15 is 0 Å². The molecule has 2 nitrogen and oxygen atoms in total. The van der Waals surface area contributed by atoms with E-state index in [1.54, 1.807) is 0 Å². The van der Waals surface area contributed by atoms with Crippen LogP contribution in [0.3, 0.4) is 0 Å². The van der Waals surface area contributed by atoms with Crippen LogP contribution in [0.4, 0.5) is 0 Å². The van der Waals surface area contributed by atoms with Gasteiger partial charge >= 0.3 is 0 Å². The fraction of sp³-hybridized carbons (Fsp3) is 0.533. The largest absolute Gasteiger partial charge is 0.493 e. The van der Waals surface area contributed by atoms with E-state index < -0.39 is 0 Å². The summed E-state index contributed by atoms with van der Waals surface area (Å²) in [5, 5.41) is -0.211. The summed E-state index contributed by atoms with van der Waals surface area (Å²) in [4.78, 5) is 11.3. The van der Waals surface area contributed by atoms with Gasteiger partial charge in [-0.05, 0) is 37.0 Å². The van der Waals surface area contributed by atoms with Gasteiger partial charge in [0.05, 0.1) is 6.61 Å². The molecule has 0 aliphatic rings. The van der Waals surface area contributed by atoms with E-state index in [-0.39, 0.29) is 5.12 Å². The Hall–Kier alpha value is -0.960. The summed E-state index contributed by atoms with van der Waals surface area (Å²) >= 11 is 3.85. The van der Waals surface area contributed by atoms with Crippen molar-refractivity contribution in [3.63, 3.8) is 0 Å². The number of unbranched alkanes of at least 4 members (excludes halogenated alkanes) is 2. The van der Waals surface area contributed by atoms with Crippen molar-refractivity contribution in [3.8, 4) is 5.75 Å². The normalized spacial score (nSPS) is 10.4. The third kappa shape index (κ3) is 4.73. The van der Waals surface area contributed by atoms with E-state index in [0.717, 1.165) is 37.9 Å². The lowest BCUT2D eigenvalue weighted by Gasteiger charge is -2.12. The molecular formula is C15H22O2S. The van der Waals surface area contributed by atoms with Crippen LogP contribution < -0.4 is 4.74 Å². The summed E-state index contributed by atoms with van der Waals surface area (Å²) in [6.07, 6.45) is 5.43. The van der Waals surface area contributed by atoms with Gasteiger partial charge in [0.15, 0.2) is 0 Å². The summed E-state index contributed by atoms with van der Waals surface area (Å²) in [7, 11) is 0. The van der Waals surface area contributed by atoms with Crippen molar-refractivity contribution in [2.24, 2.45) is 0 Å². The number of aryl methyl sites for hydroxylation is 1. The third-order valence-corrected chi connectivity index (χ3v) is 3.13. The van der Waals surface area contributed by atoms with Crippen LogP contribution in [0.15, 0.2) is 18.2 Å². The molecule has 0 saturated carbocycles. The Morgan fingerprint density at radius 1 is 1.22 bits per heavy atom. The van der Waals surface area contributed by atoms with Gasteiger partial charge in [-0.3, -0.25) is 4.79 Å². The Morgan fingerprint density at radius 3 is 2.56 bits per heavy atom. The number of ether oxygens (including phenoxy) is 1. The second-order valence-electron chi connectivity index (χ2n) is 4.43. The first-order valence-corrected chi connectivity index (χ1v) is 7.12. The van der Waals surface area contributed by atoms with Crippen molar-refractivity contribution < 1.29 is 9.53 Å². The minimum atomic E-state index is -0.211. The molecule has 0 radical (unpaired) electrons. The first-order valence-electron chi connectivity index (χ1n) is 6.68. The lowest BCUT2D eigenvalue weighted by molar-refractivity contribution is 0.109. The second-order valence-corrected chi connectivity index (χ2v) is 4.84. The molecule has 1 rings (SSSR count). The molecule has 0 saturated heterocycles. The maximum Gasteiger partial charge on any atom is 0.216 e. The Labute approximate surface area is 115 Å². The number of thiol groups is 1. The zero-order chi connectivity index (χ0) is 13.4. The molecule has 0 fully saturated rings. The van der Waals surface area contributed by atoms with Crippen LogP contribution >= 0.6 is 12.6 Å². The molecule has 1 aromatic carbocycles. The van der Waals surface area contributed by atoms with E-state index in [4.69, 9.17) is 4.74 Å². The van der Waals surface area contributed by atoms with Crippen LogP contribution in [0.25, 0.3) is 0 Å². The topological polar surface area (TPSA) is 26.3 Å². The van der Waals surface area contributed by atoms with Gasteiger partial charge in [-0.1, -0.05) is 32.8 Å². The first kappa shape index (κ1) is 15.1. The highest BCUT2D eigenvalue weighted by Gasteiger charge is 2.08. The standard InChI is InChI=1S/C15H22O2S/c1-3-5-7-12-8-9-13(15(16)18)11-14(12)17-10-6-4-2/h8-9,11H,3-7,10H2,1-2H3,(H,16,18). The van der Waals surface area contributed by atoms with Crippen LogP contribution in [0.1, 0.15) is 55.5 Å². The van der Waals surface area contributed by atoms with Crippen molar-refractivity contribution in [3.05, 3.63) is 29.3 Å². The average molecular weight is 266 g/mol. The van der Waals surface area contributed by atoms with Crippen LogP contribution in [-0.4, -0.2) is 11.7 Å². The summed E-state index contributed by atoms with van der Waals surface area (Å²) in [5.74, 6) is 0.844. The van der Waals surface area contributed by atoms with Crippen LogP contribution in [-0.2, 0) is 6.42 Å². The maximum atomic E-state index is 11.3. The zero-order valence-corrected chi connectivity index (χ0v) is 12.1. The second kappa shape index (κ2) is 8.20. The highest BCUT2D eigenvalue weighted by molar-refractivity contribution is 7.97. The van der Waals surface area contributed by atoms with Crippen molar-refractivity contribution in [2.45, 2.75) is 46.0 Å². The highest BCUT2D eigenvalue weighted by Crippen LogP contribution is 2.23. The Morgan fingerprint density at radius 2 is 1.94 bits per heavy atom. The van der Waals surface area contributed by atoms with E-state index in [0.29, 0.717) is 12.2 Å². The minimum Gasteiger partial charge on any atom is -0.493 e. The van der Waals surface area contributed by atoms with Crippen LogP contribution in [0, 0.1) is 0 Å². The molecule has 0 amide bonds. The number of benzene rings is 1. The Kier molecular flexibility index (Phi) is 6.88. The van der Waals surface area contributed by atoms with Gasteiger partial charge < -0.3 is 4.74 Å². The summed E-state index contributed by atoms with van der Waals surface area (Å²) < 4.78 is 5.78. The Balaban J connectivity index is 2.83. The molecule has 0 bridgehead atoms. The lowest BCUT2D eigenvalue weighted by Crippen LogP contribution is -2.02. The third-order valence-electron chi connectivity index (χ3n) is 2.87. The van der Waals surface area contributed by atoms with E-state index in [1.165, 1.54) is 5.56 Å². The fourth-order valence-corrected chi connectivity index (χ4v) is 1.86. The van der Waals surface area contributed by atoms with Gasteiger partial charge in [0, 0.05) is 5.56 Å². The Bertz CT molecular complexity index is 388. The number of carbonyl (C=O) groups is 1. The van der Waals surface area contributed by atoms with Crippen molar-refractivity contribution >= 4 is 17.7 Å². The lowest BCUT2D eigenvalue weighted by atomic mass is 10.1. The molecule has 18 heavy (non-hydrogen) atoms. The smallest absolute Gasteiger partial charge is 0.216 e. The highest BCUT2D eigenvalue weighted by atomic mass is 32.1. The van der Waals surface area contributed by atoms with Crippen molar-refractivity contribution in [1.82, 2.24) is 0 Å². The van der Waals surface area contributed by atoms with Gasteiger partial charge in [-0.15, -0.1) is 12.6 Å². The van der Waals surface area contributed by atoms with E-state index in [2.05, 4.69) is 26.5 Å². The summed E-state index contributed by atoms with van der Waals surface area (Å²) in [6.45, 7) is 5.01. The molecular weight excluding hydrogens is 244 g/mol. The predicted octanol–water partition coefficient (Wildman–Crippen LogP) is 4.28. The van der Waals surface area contributed by atoms with Gasteiger partial charge in [0.25, 0.3) is 0 Å². The molecule has 0 N–H and O–H groups in total. The maximum absolute atomic E-state index is 11.3. The summed E-state index contributed by atoms with van der Waals surface area (Å²) in [5.41, 5.74) is 1.79. The first-order chi connectivity index (χ1) is 8.69. The molecule has 0 spiro atoms. The molecule has 0 aliphatic heterocycles. The average Bonchev–Trinajstić information content (AvgIpc) is 2.37. The molecule has 0 unspecified atom stereocenters. The summed E-state index contributed by atoms with van der Waals surface area (Å²) in [6, 6.07) is 5.63. The molecule has 0 aromatic heterocycles. The van der Waals surface area contributed by atoms with Gasteiger partial charge in [0.1, 0.15) is 5.75 Å². The van der Waals surface area contributed by atoms with E-state index in [9.17, 15) is 4.79 Å².